The molecule has 0 aliphatic rings. The van der Waals surface area contributed by atoms with E-state index in [1.165, 1.54) is 0 Å². The zero-order valence-electron chi connectivity index (χ0n) is 7.95. The van der Waals surface area contributed by atoms with Crippen molar-refractivity contribution in [2.75, 3.05) is 0 Å². The topological polar surface area (TPSA) is 81.7 Å². The fraction of sp³-hybridized carbons (Fsp3) is 0.750. The van der Waals surface area contributed by atoms with E-state index in [1.807, 2.05) is 26.0 Å². The minimum atomic E-state index is -0.750. The smallest absolute Gasteiger partial charge is 0.198 e. The molecule has 0 fully saturated rings. The molecule has 0 rings (SSSR count). The summed E-state index contributed by atoms with van der Waals surface area (Å²) in [7, 11) is 0. The first-order valence-electron chi connectivity index (χ1n) is 3.90. The van der Waals surface area contributed by atoms with E-state index in [9.17, 15) is 0 Å². The van der Waals surface area contributed by atoms with Crippen molar-refractivity contribution in [2.45, 2.75) is 39.5 Å². The van der Waals surface area contributed by atoms with Gasteiger partial charge in [-0.2, -0.15) is 18.9 Å². The molecule has 74 valence electrons. The number of nitriles is 2. The van der Waals surface area contributed by atoms with Gasteiger partial charge in [0.2, 0.25) is 0 Å². The molecule has 0 saturated carbocycles. The van der Waals surface area contributed by atoms with Crippen molar-refractivity contribution in [1.82, 2.24) is 0 Å². The minimum Gasteiger partial charge on any atom is -0.198 e. The second-order valence-corrected chi connectivity index (χ2v) is 2.02. The van der Waals surface area contributed by atoms with E-state index in [1.54, 1.807) is 0 Å². The van der Waals surface area contributed by atoms with E-state index in [0.29, 0.717) is 12.8 Å². The normalized spacial score (nSPS) is 5.85. The summed E-state index contributed by atoms with van der Waals surface area (Å²) >= 11 is -0.750. The van der Waals surface area contributed by atoms with Crippen molar-refractivity contribution in [3.8, 4) is 12.1 Å². The van der Waals surface area contributed by atoms with Crippen molar-refractivity contribution in [3.05, 3.63) is 0 Å². The molecule has 0 heterocycles. The predicted molar refractivity (Wildman–Crippen MR) is 50.0 cm³/mol. The molecule has 0 aromatic carbocycles. The van der Waals surface area contributed by atoms with Gasteiger partial charge in [-0.05, 0) is 12.8 Å². The summed E-state index contributed by atoms with van der Waals surface area (Å²) in [6.45, 7) is 3.98. The SMILES string of the molecule is CCCC#N.CCCC#N.O=S=O. The van der Waals surface area contributed by atoms with Gasteiger partial charge in [0.15, 0.2) is 0 Å². The highest BCUT2D eigenvalue weighted by Gasteiger charge is 1.65. The number of hydrogen-bond donors (Lipinski definition) is 0. The quantitative estimate of drug-likeness (QED) is 0.685. The van der Waals surface area contributed by atoms with Gasteiger partial charge in [0, 0.05) is 12.8 Å². The van der Waals surface area contributed by atoms with E-state index < -0.39 is 11.6 Å². The molecule has 0 bridgehead atoms. The van der Waals surface area contributed by atoms with Gasteiger partial charge in [0.1, 0.15) is 0 Å². The zero-order chi connectivity index (χ0) is 10.9. The summed E-state index contributed by atoms with van der Waals surface area (Å²) in [4.78, 5) is 0. The Morgan fingerprint density at radius 3 is 1.23 bits per heavy atom. The first-order chi connectivity index (χ1) is 6.24. The Morgan fingerprint density at radius 1 is 1.00 bits per heavy atom. The molecule has 0 spiro atoms. The molecule has 0 amide bonds. The molecule has 0 radical (unpaired) electrons. The molecule has 0 aliphatic carbocycles. The first kappa shape index (κ1) is 17.8. The molecule has 5 heteroatoms. The fourth-order valence-electron chi connectivity index (χ4n) is 0.224. The molecule has 13 heavy (non-hydrogen) atoms. The van der Waals surface area contributed by atoms with Gasteiger partial charge in [-0.15, -0.1) is 0 Å². The largest absolute Gasteiger partial charge is 0.335 e. The van der Waals surface area contributed by atoms with E-state index in [4.69, 9.17) is 18.9 Å². The zero-order valence-corrected chi connectivity index (χ0v) is 8.76. The summed E-state index contributed by atoms with van der Waals surface area (Å²) in [6, 6.07) is 4.03. The van der Waals surface area contributed by atoms with Crippen LogP contribution in [-0.2, 0) is 11.6 Å². The standard InChI is InChI=1S/2C4H7N.O2S/c2*1-2-3-4-5;1-3-2/h2*2-3H2,1H3;. The Morgan fingerprint density at radius 2 is 1.23 bits per heavy atom. The van der Waals surface area contributed by atoms with Gasteiger partial charge < -0.3 is 0 Å². The van der Waals surface area contributed by atoms with Crippen molar-refractivity contribution in [3.63, 3.8) is 0 Å². The van der Waals surface area contributed by atoms with E-state index in [2.05, 4.69) is 0 Å². The van der Waals surface area contributed by atoms with Crippen molar-refractivity contribution < 1.29 is 8.42 Å². The van der Waals surface area contributed by atoms with Crippen LogP contribution in [0.25, 0.3) is 0 Å². The summed E-state index contributed by atoms with van der Waals surface area (Å²) in [5.74, 6) is 0. The Labute approximate surface area is 82.8 Å². The van der Waals surface area contributed by atoms with E-state index in [-0.39, 0.29) is 0 Å². The van der Waals surface area contributed by atoms with Gasteiger partial charge >= 0.3 is 11.6 Å². The molecular formula is C8H14N2O2S. The Hall–Kier alpha value is -1.20. The molecule has 0 N–H and O–H groups in total. The maximum Gasteiger partial charge on any atom is 0.335 e. The Balaban J connectivity index is -0.000000120. The summed E-state index contributed by atoms with van der Waals surface area (Å²) in [6.07, 6.45) is 3.35. The summed E-state index contributed by atoms with van der Waals surface area (Å²) in [5.41, 5.74) is 0. The fourth-order valence-corrected chi connectivity index (χ4v) is 0.224. The Kier molecular flexibility index (Phi) is 42.2. The van der Waals surface area contributed by atoms with Gasteiger partial charge in [0.25, 0.3) is 0 Å². The lowest BCUT2D eigenvalue weighted by atomic mass is 10.4. The second-order valence-electron chi connectivity index (χ2n) is 1.88. The van der Waals surface area contributed by atoms with Crippen LogP contribution in [0.5, 0.6) is 0 Å². The Bertz CT molecular complexity index is 171. The molecule has 0 aromatic heterocycles. The van der Waals surface area contributed by atoms with Crippen LogP contribution >= 0.6 is 0 Å². The first-order valence-corrected chi connectivity index (χ1v) is 4.57. The predicted octanol–water partition coefficient (Wildman–Crippen LogP) is 1.95. The lowest BCUT2D eigenvalue weighted by Crippen LogP contribution is -1.53. The molecule has 0 unspecified atom stereocenters. The van der Waals surface area contributed by atoms with Gasteiger partial charge in [0.05, 0.1) is 12.1 Å². The maximum atomic E-state index is 8.29. The van der Waals surface area contributed by atoms with Crippen LogP contribution in [0.15, 0.2) is 0 Å². The van der Waals surface area contributed by atoms with E-state index >= 15 is 0 Å². The average molecular weight is 202 g/mol. The lowest BCUT2D eigenvalue weighted by Gasteiger charge is -1.65. The second kappa shape index (κ2) is 30.8. The lowest BCUT2D eigenvalue weighted by molar-refractivity contribution is 0.630. The van der Waals surface area contributed by atoms with Crippen LogP contribution in [-0.4, -0.2) is 8.42 Å². The highest BCUT2D eigenvalue weighted by molar-refractivity contribution is 7.51. The van der Waals surface area contributed by atoms with Gasteiger partial charge in [-0.25, -0.2) is 0 Å². The molecular weight excluding hydrogens is 188 g/mol. The highest BCUT2D eigenvalue weighted by atomic mass is 32.1. The van der Waals surface area contributed by atoms with Crippen LogP contribution in [0.2, 0.25) is 0 Å². The highest BCUT2D eigenvalue weighted by Crippen LogP contribution is 1.77. The van der Waals surface area contributed by atoms with Crippen LogP contribution in [0.1, 0.15) is 39.5 Å². The van der Waals surface area contributed by atoms with E-state index in [0.717, 1.165) is 12.8 Å². The molecule has 0 aromatic rings. The van der Waals surface area contributed by atoms with Crippen molar-refractivity contribution in [2.24, 2.45) is 0 Å². The molecule has 0 atom stereocenters. The summed E-state index contributed by atoms with van der Waals surface area (Å²) in [5, 5.41) is 15.6. The summed E-state index contributed by atoms with van der Waals surface area (Å²) < 4.78 is 16.6. The maximum absolute atomic E-state index is 8.29. The van der Waals surface area contributed by atoms with Crippen LogP contribution in [0.4, 0.5) is 0 Å². The third kappa shape index (κ3) is 107. The minimum absolute atomic E-state index is 0.694. The average Bonchev–Trinajstić information content (AvgIpc) is 2.09. The van der Waals surface area contributed by atoms with Gasteiger partial charge in [-0.3, -0.25) is 0 Å². The number of nitrogens with zero attached hydrogens (tertiary/aromatic N) is 2. The van der Waals surface area contributed by atoms with Gasteiger partial charge in [-0.1, -0.05) is 13.8 Å². The third-order valence-electron chi connectivity index (χ3n) is 0.724. The van der Waals surface area contributed by atoms with Crippen LogP contribution in [0.3, 0.4) is 0 Å². The van der Waals surface area contributed by atoms with Crippen molar-refractivity contribution in [1.29, 1.82) is 10.5 Å². The molecule has 0 saturated heterocycles. The van der Waals surface area contributed by atoms with Crippen molar-refractivity contribution >= 4 is 11.6 Å². The third-order valence-corrected chi connectivity index (χ3v) is 0.724. The molecule has 0 aliphatic heterocycles. The van der Waals surface area contributed by atoms with Crippen LogP contribution in [0, 0.1) is 22.7 Å². The monoisotopic (exact) mass is 202 g/mol. The number of rotatable bonds is 2. The number of unbranched alkanes of at least 4 members (excludes halogenated alkanes) is 2. The number of hydrogen-bond acceptors (Lipinski definition) is 4. The van der Waals surface area contributed by atoms with Crippen LogP contribution < -0.4 is 0 Å². The molecule has 4 nitrogen and oxygen atoms in total.